The SMILES string of the molecule is COC(=O)CCCS(=O)(=O)NC1CC2CC1C1CCCC21. The van der Waals surface area contributed by atoms with Gasteiger partial charge < -0.3 is 4.74 Å². The Labute approximate surface area is 126 Å². The normalized spacial score (nSPS) is 37.7. The smallest absolute Gasteiger partial charge is 0.305 e. The highest BCUT2D eigenvalue weighted by molar-refractivity contribution is 7.89. The molecule has 0 heterocycles. The number of nitrogens with one attached hydrogen (secondary N) is 1. The summed E-state index contributed by atoms with van der Waals surface area (Å²) in [6.07, 6.45) is 6.68. The van der Waals surface area contributed by atoms with Crippen LogP contribution in [-0.4, -0.2) is 33.3 Å². The minimum atomic E-state index is -3.28. The fraction of sp³-hybridized carbons (Fsp3) is 0.933. The summed E-state index contributed by atoms with van der Waals surface area (Å²) >= 11 is 0. The van der Waals surface area contributed by atoms with E-state index in [-0.39, 0.29) is 24.2 Å². The average Bonchev–Trinajstić information content (AvgIpc) is 3.08. The van der Waals surface area contributed by atoms with Gasteiger partial charge in [0.2, 0.25) is 10.0 Å². The number of ether oxygens (including phenoxy) is 1. The van der Waals surface area contributed by atoms with Gasteiger partial charge in [0.15, 0.2) is 0 Å². The van der Waals surface area contributed by atoms with Crippen LogP contribution in [-0.2, 0) is 19.6 Å². The van der Waals surface area contributed by atoms with Crippen molar-refractivity contribution in [2.24, 2.45) is 23.7 Å². The van der Waals surface area contributed by atoms with E-state index in [0.29, 0.717) is 12.3 Å². The number of hydrogen-bond donors (Lipinski definition) is 1. The highest BCUT2D eigenvalue weighted by Crippen LogP contribution is 2.58. The predicted molar refractivity (Wildman–Crippen MR) is 79.0 cm³/mol. The van der Waals surface area contributed by atoms with Crippen LogP contribution in [0.25, 0.3) is 0 Å². The van der Waals surface area contributed by atoms with Crippen LogP contribution in [0.1, 0.15) is 44.9 Å². The lowest BCUT2D eigenvalue weighted by Crippen LogP contribution is -2.43. The molecule has 5 unspecified atom stereocenters. The first-order chi connectivity index (χ1) is 10.00. The third kappa shape index (κ3) is 3.11. The molecule has 3 saturated carbocycles. The van der Waals surface area contributed by atoms with Gasteiger partial charge in [0.25, 0.3) is 0 Å². The number of sulfonamides is 1. The predicted octanol–water partition coefficient (Wildman–Crippen LogP) is 1.68. The second kappa shape index (κ2) is 5.88. The largest absolute Gasteiger partial charge is 0.469 e. The maximum atomic E-state index is 12.2. The molecule has 3 aliphatic rings. The van der Waals surface area contributed by atoms with Gasteiger partial charge in [-0.15, -0.1) is 0 Å². The topological polar surface area (TPSA) is 72.5 Å². The Kier molecular flexibility index (Phi) is 4.28. The number of carbonyl (C=O) groups excluding carboxylic acids is 1. The van der Waals surface area contributed by atoms with E-state index in [2.05, 4.69) is 9.46 Å². The van der Waals surface area contributed by atoms with Crippen LogP contribution in [0, 0.1) is 23.7 Å². The Morgan fingerprint density at radius 1 is 1.19 bits per heavy atom. The van der Waals surface area contributed by atoms with Crippen molar-refractivity contribution in [1.82, 2.24) is 4.72 Å². The second-order valence-corrected chi connectivity index (χ2v) is 8.75. The highest BCUT2D eigenvalue weighted by atomic mass is 32.2. The van der Waals surface area contributed by atoms with E-state index in [0.717, 1.165) is 24.2 Å². The lowest BCUT2D eigenvalue weighted by atomic mass is 9.79. The van der Waals surface area contributed by atoms with E-state index in [4.69, 9.17) is 0 Å². The number of hydrogen-bond acceptors (Lipinski definition) is 4. The molecule has 3 fully saturated rings. The summed E-state index contributed by atoms with van der Waals surface area (Å²) in [4.78, 5) is 11.0. The van der Waals surface area contributed by atoms with E-state index >= 15 is 0 Å². The number of fused-ring (bicyclic) bond motifs is 5. The summed E-state index contributed by atoms with van der Waals surface area (Å²) < 4.78 is 31.8. The minimum Gasteiger partial charge on any atom is -0.469 e. The summed E-state index contributed by atoms with van der Waals surface area (Å²) in [5, 5.41) is 0. The van der Waals surface area contributed by atoms with Crippen molar-refractivity contribution in [1.29, 1.82) is 0 Å². The van der Waals surface area contributed by atoms with E-state index in [9.17, 15) is 13.2 Å². The summed E-state index contributed by atoms with van der Waals surface area (Å²) in [5.74, 6) is 2.59. The zero-order valence-electron chi connectivity index (χ0n) is 12.6. The van der Waals surface area contributed by atoms with Crippen LogP contribution in [0.2, 0.25) is 0 Å². The molecule has 0 aromatic heterocycles. The molecular weight excluding hydrogens is 290 g/mol. The number of carbonyl (C=O) groups is 1. The Morgan fingerprint density at radius 2 is 1.95 bits per heavy atom. The number of esters is 1. The first-order valence-electron chi connectivity index (χ1n) is 8.07. The molecule has 120 valence electrons. The lowest BCUT2D eigenvalue weighted by Gasteiger charge is -2.31. The molecule has 5 atom stereocenters. The molecule has 6 heteroatoms. The van der Waals surface area contributed by atoms with E-state index < -0.39 is 10.0 Å². The van der Waals surface area contributed by atoms with Gasteiger partial charge in [-0.2, -0.15) is 0 Å². The summed E-state index contributed by atoms with van der Waals surface area (Å²) in [7, 11) is -1.96. The minimum absolute atomic E-state index is 0.0179. The summed E-state index contributed by atoms with van der Waals surface area (Å²) in [6.45, 7) is 0. The van der Waals surface area contributed by atoms with Gasteiger partial charge in [0.1, 0.15) is 0 Å². The van der Waals surface area contributed by atoms with Crippen LogP contribution in [0.4, 0.5) is 0 Å². The molecule has 1 N–H and O–H groups in total. The van der Waals surface area contributed by atoms with Gasteiger partial charge in [-0.25, -0.2) is 13.1 Å². The van der Waals surface area contributed by atoms with E-state index in [1.54, 1.807) is 0 Å². The van der Waals surface area contributed by atoms with Crippen molar-refractivity contribution in [3.8, 4) is 0 Å². The lowest BCUT2D eigenvalue weighted by molar-refractivity contribution is -0.140. The molecule has 0 amide bonds. The standard InChI is InChI=1S/C15H25NO4S/c1-20-15(17)6-3-7-21(18,19)16-14-9-10-8-13(14)12-5-2-4-11(10)12/h10-14,16H,2-9H2,1H3. The Balaban J connectivity index is 1.51. The molecular formula is C15H25NO4S. The zero-order chi connectivity index (χ0) is 15.0. The van der Waals surface area contributed by atoms with Crippen molar-refractivity contribution >= 4 is 16.0 Å². The molecule has 0 aromatic rings. The van der Waals surface area contributed by atoms with Gasteiger partial charge in [-0.05, 0) is 55.8 Å². The third-order valence-electron chi connectivity index (χ3n) is 5.78. The summed E-state index contributed by atoms with van der Waals surface area (Å²) in [5.41, 5.74) is 0. The second-order valence-electron chi connectivity index (χ2n) is 6.88. The summed E-state index contributed by atoms with van der Waals surface area (Å²) in [6, 6.07) is 0.137. The Bertz CT molecular complexity index is 504. The highest BCUT2D eigenvalue weighted by Gasteiger charge is 2.54. The van der Waals surface area contributed by atoms with Crippen molar-refractivity contribution in [2.45, 2.75) is 51.0 Å². The molecule has 0 saturated heterocycles. The van der Waals surface area contributed by atoms with Gasteiger partial charge in [0.05, 0.1) is 12.9 Å². The maximum absolute atomic E-state index is 12.2. The van der Waals surface area contributed by atoms with Gasteiger partial charge in [0, 0.05) is 12.5 Å². The van der Waals surface area contributed by atoms with Crippen LogP contribution >= 0.6 is 0 Å². The fourth-order valence-corrected chi connectivity index (χ4v) is 6.38. The van der Waals surface area contributed by atoms with Crippen molar-refractivity contribution < 1.29 is 17.9 Å². The van der Waals surface area contributed by atoms with Crippen LogP contribution in [0.15, 0.2) is 0 Å². The average molecular weight is 315 g/mol. The Hall–Kier alpha value is -0.620. The molecule has 2 bridgehead atoms. The molecule has 0 aliphatic heterocycles. The van der Waals surface area contributed by atoms with Crippen molar-refractivity contribution in [2.75, 3.05) is 12.9 Å². The maximum Gasteiger partial charge on any atom is 0.305 e. The third-order valence-corrected chi connectivity index (χ3v) is 7.27. The number of rotatable bonds is 6. The molecule has 0 aromatic carbocycles. The first-order valence-corrected chi connectivity index (χ1v) is 9.72. The van der Waals surface area contributed by atoms with E-state index in [1.165, 1.54) is 32.8 Å². The Morgan fingerprint density at radius 3 is 2.71 bits per heavy atom. The quantitative estimate of drug-likeness (QED) is 0.757. The monoisotopic (exact) mass is 315 g/mol. The van der Waals surface area contributed by atoms with Gasteiger partial charge in [-0.1, -0.05) is 6.42 Å². The van der Waals surface area contributed by atoms with Crippen molar-refractivity contribution in [3.05, 3.63) is 0 Å². The van der Waals surface area contributed by atoms with Gasteiger partial charge in [-0.3, -0.25) is 4.79 Å². The van der Waals surface area contributed by atoms with E-state index in [1.807, 2.05) is 0 Å². The van der Waals surface area contributed by atoms with Crippen LogP contribution in [0.5, 0.6) is 0 Å². The molecule has 0 spiro atoms. The number of methoxy groups -OCH3 is 1. The molecule has 3 aliphatic carbocycles. The molecule has 21 heavy (non-hydrogen) atoms. The molecule has 5 nitrogen and oxygen atoms in total. The van der Waals surface area contributed by atoms with Crippen LogP contribution < -0.4 is 4.72 Å². The molecule has 0 radical (unpaired) electrons. The zero-order valence-corrected chi connectivity index (χ0v) is 13.4. The fourth-order valence-electron chi connectivity index (χ4n) is 5.00. The van der Waals surface area contributed by atoms with Crippen LogP contribution in [0.3, 0.4) is 0 Å². The first kappa shape index (κ1) is 15.3. The van der Waals surface area contributed by atoms with Crippen molar-refractivity contribution in [3.63, 3.8) is 0 Å². The van der Waals surface area contributed by atoms with Gasteiger partial charge >= 0.3 is 5.97 Å². The molecule has 3 rings (SSSR count).